The molecule has 0 radical (unpaired) electrons. The van der Waals surface area contributed by atoms with Crippen molar-refractivity contribution in [3.05, 3.63) is 0 Å². The lowest BCUT2D eigenvalue weighted by Gasteiger charge is -2.04. The van der Waals surface area contributed by atoms with E-state index < -0.39 is 7.37 Å². The summed E-state index contributed by atoms with van der Waals surface area (Å²) in [5.74, 6) is 2.73. The van der Waals surface area contributed by atoms with Crippen LogP contribution in [0, 0.1) is 18.3 Å². The van der Waals surface area contributed by atoms with Gasteiger partial charge < -0.3 is 4.52 Å². The van der Waals surface area contributed by atoms with Gasteiger partial charge in [0.2, 0.25) is 7.37 Å². The minimum absolute atomic E-state index is 0.226. The van der Waals surface area contributed by atoms with E-state index in [1.54, 1.807) is 6.66 Å². The second-order valence-electron chi connectivity index (χ2n) is 2.87. The maximum atomic E-state index is 11.3. The Morgan fingerprint density at radius 2 is 2.40 bits per heavy atom. The van der Waals surface area contributed by atoms with Crippen LogP contribution in [-0.2, 0) is 9.09 Å². The van der Waals surface area contributed by atoms with Crippen LogP contribution >= 0.6 is 7.37 Å². The third-order valence-corrected chi connectivity index (χ3v) is 3.55. The third kappa shape index (κ3) is 1.42. The van der Waals surface area contributed by atoms with Gasteiger partial charge in [-0.25, -0.2) is 0 Å². The van der Waals surface area contributed by atoms with E-state index in [1.165, 1.54) is 0 Å². The van der Waals surface area contributed by atoms with Crippen LogP contribution in [0.2, 0.25) is 0 Å². The summed E-state index contributed by atoms with van der Waals surface area (Å²) in [7, 11) is -2.31. The minimum Gasteiger partial charge on any atom is -0.312 e. The van der Waals surface area contributed by atoms with Gasteiger partial charge in [0, 0.05) is 18.7 Å². The van der Waals surface area contributed by atoms with E-state index in [4.69, 9.17) is 10.9 Å². The van der Waals surface area contributed by atoms with E-state index >= 15 is 0 Å². The third-order valence-electron chi connectivity index (χ3n) is 1.64. The van der Waals surface area contributed by atoms with Gasteiger partial charge in [-0.1, -0.05) is 12.8 Å². The maximum Gasteiger partial charge on any atom is 0.201 e. The monoisotopic (exact) mass is 158 g/mol. The van der Waals surface area contributed by atoms with Crippen LogP contribution in [0.3, 0.4) is 0 Å². The molecule has 3 unspecified atom stereocenters. The van der Waals surface area contributed by atoms with Crippen molar-refractivity contribution in [3.63, 3.8) is 0 Å². The molecule has 1 rings (SSSR count). The summed E-state index contributed by atoms with van der Waals surface area (Å²) in [5, 5.41) is 0. The van der Waals surface area contributed by atoms with Gasteiger partial charge in [-0.15, -0.1) is 6.42 Å². The lowest BCUT2D eigenvalue weighted by molar-refractivity contribution is 0.255. The van der Waals surface area contributed by atoms with Crippen LogP contribution in [0.5, 0.6) is 0 Å². The average molecular weight is 158 g/mol. The molecule has 1 saturated heterocycles. The lowest BCUT2D eigenvalue weighted by atomic mass is 10.1. The fourth-order valence-corrected chi connectivity index (χ4v) is 3.27. The zero-order chi connectivity index (χ0) is 7.78. The van der Waals surface area contributed by atoms with Crippen LogP contribution < -0.4 is 0 Å². The normalized spacial score (nSPS) is 46.9. The minimum atomic E-state index is -2.31. The first-order valence-corrected chi connectivity index (χ1v) is 5.52. The summed E-state index contributed by atoms with van der Waals surface area (Å²) < 4.78 is 16.4. The van der Waals surface area contributed by atoms with Crippen LogP contribution in [0.15, 0.2) is 0 Å². The molecule has 3 heteroatoms. The van der Waals surface area contributed by atoms with Crippen LogP contribution in [0.4, 0.5) is 0 Å². The number of terminal acetylenes is 1. The highest BCUT2D eigenvalue weighted by molar-refractivity contribution is 7.58. The molecular weight excluding hydrogens is 147 g/mol. The summed E-state index contributed by atoms with van der Waals surface area (Å²) in [5.41, 5.74) is 0. The van der Waals surface area contributed by atoms with Gasteiger partial charge in [0.15, 0.2) is 0 Å². The van der Waals surface area contributed by atoms with E-state index in [0.717, 1.165) is 0 Å². The first-order chi connectivity index (χ1) is 4.55. The van der Waals surface area contributed by atoms with Gasteiger partial charge in [0.25, 0.3) is 0 Å². The van der Waals surface area contributed by atoms with Gasteiger partial charge >= 0.3 is 0 Å². The smallest absolute Gasteiger partial charge is 0.201 e. The van der Waals surface area contributed by atoms with Gasteiger partial charge in [-0.05, 0) is 0 Å². The van der Waals surface area contributed by atoms with Gasteiger partial charge in [-0.2, -0.15) is 0 Å². The molecule has 1 aliphatic rings. The molecule has 56 valence electrons. The Hall–Kier alpha value is -0.250. The maximum absolute atomic E-state index is 11.3. The van der Waals surface area contributed by atoms with Gasteiger partial charge in [-0.3, -0.25) is 4.57 Å². The second-order valence-corrected chi connectivity index (χ2v) is 5.47. The molecule has 0 spiro atoms. The van der Waals surface area contributed by atoms with Crippen LogP contribution in [0.1, 0.15) is 6.92 Å². The molecule has 1 aliphatic heterocycles. The predicted octanol–water partition coefficient (Wildman–Crippen LogP) is 1.56. The first-order valence-electron chi connectivity index (χ1n) is 3.26. The number of hydrogen-bond acceptors (Lipinski definition) is 2. The Morgan fingerprint density at radius 1 is 1.80 bits per heavy atom. The largest absolute Gasteiger partial charge is 0.312 e. The molecule has 0 amide bonds. The van der Waals surface area contributed by atoms with Gasteiger partial charge in [0.05, 0.1) is 0 Å². The van der Waals surface area contributed by atoms with Crippen LogP contribution in [-0.4, -0.2) is 18.9 Å². The zero-order valence-electron chi connectivity index (χ0n) is 6.20. The summed E-state index contributed by atoms with van der Waals surface area (Å²) >= 11 is 0. The lowest BCUT2D eigenvalue weighted by Crippen LogP contribution is -2.10. The Labute approximate surface area is 61.4 Å². The summed E-state index contributed by atoms with van der Waals surface area (Å²) in [6.45, 7) is 3.61. The highest BCUT2D eigenvalue weighted by Gasteiger charge is 2.35. The SMILES string of the molecule is C#CC1OP(C)(=O)CC1C. The Morgan fingerprint density at radius 3 is 2.60 bits per heavy atom. The standard InChI is InChI=1S/C7H11O2P/c1-4-7-6(2)5-10(3,8)9-7/h1,6-7H,5H2,2-3H3. The van der Waals surface area contributed by atoms with Crippen LogP contribution in [0.25, 0.3) is 0 Å². The quantitative estimate of drug-likeness (QED) is 0.395. The van der Waals surface area contributed by atoms with E-state index in [-0.39, 0.29) is 12.0 Å². The first kappa shape index (κ1) is 7.85. The van der Waals surface area contributed by atoms with Gasteiger partial charge in [0.1, 0.15) is 6.10 Å². The van der Waals surface area contributed by atoms with Crippen molar-refractivity contribution in [2.24, 2.45) is 5.92 Å². The van der Waals surface area contributed by atoms with Crippen molar-refractivity contribution in [1.82, 2.24) is 0 Å². The Bertz CT molecular complexity index is 216. The van der Waals surface area contributed by atoms with E-state index in [0.29, 0.717) is 6.16 Å². The van der Waals surface area contributed by atoms with Crippen molar-refractivity contribution in [1.29, 1.82) is 0 Å². The molecule has 0 bridgehead atoms. The second kappa shape index (κ2) is 2.42. The molecule has 0 aromatic carbocycles. The molecule has 0 aromatic rings. The molecule has 0 N–H and O–H groups in total. The Kier molecular flexibility index (Phi) is 1.90. The molecule has 10 heavy (non-hydrogen) atoms. The van der Waals surface area contributed by atoms with Crippen molar-refractivity contribution < 1.29 is 9.09 Å². The molecule has 1 heterocycles. The fraction of sp³-hybridized carbons (Fsp3) is 0.714. The number of rotatable bonds is 0. The molecule has 2 nitrogen and oxygen atoms in total. The summed E-state index contributed by atoms with van der Waals surface area (Å²) in [6, 6.07) is 0. The van der Waals surface area contributed by atoms with E-state index in [9.17, 15) is 4.57 Å². The molecule has 3 atom stereocenters. The summed E-state index contributed by atoms with van der Waals surface area (Å²) in [6.07, 6.45) is 5.55. The molecule has 1 fully saturated rings. The highest BCUT2D eigenvalue weighted by Crippen LogP contribution is 2.52. The van der Waals surface area contributed by atoms with Crippen molar-refractivity contribution in [2.75, 3.05) is 12.8 Å². The summed E-state index contributed by atoms with van der Waals surface area (Å²) in [4.78, 5) is 0. The van der Waals surface area contributed by atoms with Crippen molar-refractivity contribution in [2.45, 2.75) is 13.0 Å². The Balaban J connectivity index is 2.73. The average Bonchev–Trinajstić information content (AvgIpc) is 2.05. The molecular formula is C7H11O2P. The highest BCUT2D eigenvalue weighted by atomic mass is 31.2. The molecule has 0 saturated carbocycles. The molecule has 0 aromatic heterocycles. The van der Waals surface area contributed by atoms with Crippen molar-refractivity contribution >= 4 is 7.37 Å². The van der Waals surface area contributed by atoms with Crippen molar-refractivity contribution in [3.8, 4) is 12.3 Å². The predicted molar refractivity (Wildman–Crippen MR) is 41.3 cm³/mol. The topological polar surface area (TPSA) is 26.3 Å². The van der Waals surface area contributed by atoms with E-state index in [1.807, 2.05) is 6.92 Å². The zero-order valence-corrected chi connectivity index (χ0v) is 7.10. The molecule has 0 aliphatic carbocycles. The number of hydrogen-bond donors (Lipinski definition) is 0. The fourth-order valence-electron chi connectivity index (χ4n) is 1.20. The van der Waals surface area contributed by atoms with E-state index in [2.05, 4.69) is 5.92 Å².